The summed E-state index contributed by atoms with van der Waals surface area (Å²) in [5.74, 6) is -1.99. The highest BCUT2D eigenvalue weighted by Gasteiger charge is 2.40. The van der Waals surface area contributed by atoms with Crippen molar-refractivity contribution in [2.45, 2.75) is 31.8 Å². The molecule has 9 heteroatoms. The largest absolute Gasteiger partial charge is 0.383 e. The van der Waals surface area contributed by atoms with E-state index >= 15 is 0 Å². The Labute approximate surface area is 214 Å². The van der Waals surface area contributed by atoms with Gasteiger partial charge >= 0.3 is 0 Å². The van der Waals surface area contributed by atoms with Gasteiger partial charge in [0.1, 0.15) is 29.9 Å². The molecule has 2 heterocycles. The first-order chi connectivity index (χ1) is 17.9. The first kappa shape index (κ1) is 26.4. The van der Waals surface area contributed by atoms with Crippen LogP contribution in [0.1, 0.15) is 30.0 Å². The van der Waals surface area contributed by atoms with Crippen LogP contribution >= 0.6 is 0 Å². The normalized spacial score (nSPS) is 20.6. The van der Waals surface area contributed by atoms with E-state index in [9.17, 15) is 13.9 Å². The Kier molecular flexibility index (Phi) is 8.56. The summed E-state index contributed by atoms with van der Waals surface area (Å²) in [4.78, 5) is 3.90. The Balaban J connectivity index is 1.35. The number of nitriles is 1. The van der Waals surface area contributed by atoms with Crippen molar-refractivity contribution in [3.8, 4) is 6.07 Å². The lowest BCUT2D eigenvalue weighted by Crippen LogP contribution is -2.42. The van der Waals surface area contributed by atoms with E-state index in [4.69, 9.17) is 14.7 Å². The molecular weight excluding hydrogens is 478 g/mol. The Bertz CT molecular complexity index is 1260. The zero-order chi connectivity index (χ0) is 26.3. The fourth-order valence-electron chi connectivity index (χ4n) is 4.40. The number of nitrogens with zero attached hydrogens (tertiary/aromatic N) is 4. The SMILES string of the molecule is CC(CC1COC(C=CC=Cc2ccc(C#N)cc2)OC1)C(O)(Cn1cncn1)c1ccc(F)cc1F. The number of halogens is 2. The maximum absolute atomic E-state index is 14.7. The van der Waals surface area contributed by atoms with Crippen LogP contribution in [0.15, 0.2) is 73.3 Å². The van der Waals surface area contributed by atoms with E-state index in [-0.39, 0.29) is 18.0 Å². The lowest BCUT2D eigenvalue weighted by atomic mass is 9.77. The van der Waals surface area contributed by atoms with Gasteiger partial charge in [-0.1, -0.05) is 43.4 Å². The average Bonchev–Trinajstić information content (AvgIpc) is 3.40. The molecule has 0 radical (unpaired) electrons. The zero-order valence-electron chi connectivity index (χ0n) is 20.4. The van der Waals surface area contributed by atoms with E-state index in [1.807, 2.05) is 37.3 Å². The number of rotatable bonds is 9. The maximum Gasteiger partial charge on any atom is 0.177 e. The van der Waals surface area contributed by atoms with Gasteiger partial charge in [0, 0.05) is 17.5 Å². The molecule has 7 nitrogen and oxygen atoms in total. The van der Waals surface area contributed by atoms with Crippen molar-refractivity contribution in [3.05, 3.63) is 102 Å². The van der Waals surface area contributed by atoms with Gasteiger partial charge in [-0.15, -0.1) is 0 Å². The fraction of sp³-hybridized carbons (Fsp3) is 0.321. The molecular formula is C28H28F2N4O3. The molecule has 1 aromatic heterocycles. The van der Waals surface area contributed by atoms with Crippen LogP contribution in [-0.2, 0) is 21.6 Å². The monoisotopic (exact) mass is 506 g/mol. The molecule has 37 heavy (non-hydrogen) atoms. The van der Waals surface area contributed by atoms with Crippen molar-refractivity contribution in [2.24, 2.45) is 11.8 Å². The summed E-state index contributed by atoms with van der Waals surface area (Å²) in [7, 11) is 0. The summed E-state index contributed by atoms with van der Waals surface area (Å²) in [5.41, 5.74) is -0.0675. The van der Waals surface area contributed by atoms with Crippen molar-refractivity contribution >= 4 is 6.08 Å². The van der Waals surface area contributed by atoms with Crippen LogP contribution in [0.4, 0.5) is 8.78 Å². The minimum absolute atomic E-state index is 0.00408. The zero-order valence-corrected chi connectivity index (χ0v) is 20.4. The summed E-state index contributed by atoms with van der Waals surface area (Å²) in [6.07, 6.45) is 10.2. The van der Waals surface area contributed by atoms with E-state index < -0.39 is 29.4 Å². The van der Waals surface area contributed by atoms with Crippen LogP contribution in [0.2, 0.25) is 0 Å². The molecule has 1 fully saturated rings. The third-order valence-corrected chi connectivity index (χ3v) is 6.47. The Hall–Kier alpha value is -3.71. The predicted octanol–water partition coefficient (Wildman–Crippen LogP) is 4.60. The standard InChI is InChI=1S/C28H28F2N4O3/c1-20(28(35,17-34-19-32-18-33-34)25-11-10-24(29)13-26(25)30)12-23-15-36-27(37-16-23)5-3-2-4-21-6-8-22(14-31)9-7-21/h2-11,13,18-20,23,27,35H,12,15-17H2,1H3. The molecule has 192 valence electrons. The van der Waals surface area contributed by atoms with Gasteiger partial charge in [-0.05, 0) is 42.2 Å². The molecule has 3 aromatic rings. The molecule has 0 amide bonds. The third kappa shape index (κ3) is 6.74. The molecule has 4 rings (SSSR count). The molecule has 1 aliphatic heterocycles. The van der Waals surface area contributed by atoms with Crippen LogP contribution < -0.4 is 0 Å². The topological polar surface area (TPSA) is 93.2 Å². The molecule has 1 N–H and O–H groups in total. The van der Waals surface area contributed by atoms with Gasteiger partial charge in [0.25, 0.3) is 0 Å². The second kappa shape index (κ2) is 12.0. The lowest BCUT2D eigenvalue weighted by molar-refractivity contribution is -0.181. The highest BCUT2D eigenvalue weighted by molar-refractivity contribution is 5.52. The molecule has 2 unspecified atom stereocenters. The summed E-state index contributed by atoms with van der Waals surface area (Å²) in [6, 6.07) is 12.5. The number of allylic oxidation sites excluding steroid dienone is 2. The summed E-state index contributed by atoms with van der Waals surface area (Å²) >= 11 is 0. The number of benzene rings is 2. The van der Waals surface area contributed by atoms with Crippen LogP contribution in [0, 0.1) is 34.8 Å². The van der Waals surface area contributed by atoms with E-state index in [1.165, 1.54) is 23.4 Å². The minimum atomic E-state index is -1.65. The number of hydrogen-bond acceptors (Lipinski definition) is 6. The van der Waals surface area contributed by atoms with Gasteiger partial charge in [0.2, 0.25) is 0 Å². The summed E-state index contributed by atoms with van der Waals surface area (Å²) in [6.45, 7) is 2.59. The van der Waals surface area contributed by atoms with Gasteiger partial charge in [-0.2, -0.15) is 10.4 Å². The van der Waals surface area contributed by atoms with Crippen molar-refractivity contribution in [1.29, 1.82) is 5.26 Å². The summed E-state index contributed by atoms with van der Waals surface area (Å²) < 4.78 is 41.4. The Morgan fingerprint density at radius 2 is 1.95 bits per heavy atom. The van der Waals surface area contributed by atoms with Crippen LogP contribution in [0.3, 0.4) is 0 Å². The molecule has 2 aromatic carbocycles. The van der Waals surface area contributed by atoms with Gasteiger partial charge in [-0.25, -0.2) is 18.4 Å². The van der Waals surface area contributed by atoms with E-state index in [1.54, 1.807) is 18.2 Å². The maximum atomic E-state index is 14.7. The molecule has 2 atom stereocenters. The summed E-state index contributed by atoms with van der Waals surface area (Å²) in [5, 5.41) is 24.6. The second-order valence-electron chi connectivity index (χ2n) is 9.16. The van der Waals surface area contributed by atoms with Crippen LogP contribution in [0.5, 0.6) is 0 Å². The number of hydrogen-bond donors (Lipinski definition) is 1. The van der Waals surface area contributed by atoms with Gasteiger partial charge in [0.15, 0.2) is 6.29 Å². The molecule has 0 saturated carbocycles. The van der Waals surface area contributed by atoms with E-state index in [2.05, 4.69) is 16.2 Å². The first-order valence-corrected chi connectivity index (χ1v) is 12.0. The molecule has 0 aliphatic carbocycles. The van der Waals surface area contributed by atoms with Crippen molar-refractivity contribution in [3.63, 3.8) is 0 Å². The van der Waals surface area contributed by atoms with E-state index in [0.29, 0.717) is 25.2 Å². The Morgan fingerprint density at radius 1 is 1.19 bits per heavy atom. The average molecular weight is 507 g/mol. The number of ether oxygens (including phenoxy) is 2. The van der Waals surface area contributed by atoms with Crippen molar-refractivity contribution < 1.29 is 23.4 Å². The van der Waals surface area contributed by atoms with Crippen molar-refractivity contribution in [1.82, 2.24) is 14.8 Å². The Morgan fingerprint density at radius 3 is 2.59 bits per heavy atom. The molecule has 1 aliphatic rings. The highest BCUT2D eigenvalue weighted by Crippen LogP contribution is 2.37. The first-order valence-electron chi connectivity index (χ1n) is 12.0. The molecule has 0 spiro atoms. The van der Waals surface area contributed by atoms with E-state index in [0.717, 1.165) is 17.7 Å². The highest BCUT2D eigenvalue weighted by atomic mass is 19.1. The smallest absolute Gasteiger partial charge is 0.177 e. The quantitative estimate of drug-likeness (QED) is 0.427. The van der Waals surface area contributed by atoms with Crippen LogP contribution in [0.25, 0.3) is 6.08 Å². The number of aliphatic hydroxyl groups is 1. The predicted molar refractivity (Wildman–Crippen MR) is 133 cm³/mol. The number of aromatic nitrogens is 3. The molecule has 1 saturated heterocycles. The van der Waals surface area contributed by atoms with Gasteiger partial charge in [0.05, 0.1) is 31.4 Å². The van der Waals surface area contributed by atoms with Gasteiger partial charge < -0.3 is 14.6 Å². The van der Waals surface area contributed by atoms with Crippen molar-refractivity contribution in [2.75, 3.05) is 13.2 Å². The lowest BCUT2D eigenvalue weighted by Gasteiger charge is -2.38. The molecule has 0 bridgehead atoms. The van der Waals surface area contributed by atoms with Crippen LogP contribution in [-0.4, -0.2) is 39.4 Å². The fourth-order valence-corrected chi connectivity index (χ4v) is 4.40. The van der Waals surface area contributed by atoms with Gasteiger partial charge in [-0.3, -0.25) is 0 Å². The third-order valence-electron chi connectivity index (χ3n) is 6.47. The minimum Gasteiger partial charge on any atom is -0.383 e. The second-order valence-corrected chi connectivity index (χ2v) is 9.16.